The highest BCUT2D eigenvalue weighted by Gasteiger charge is 2.45. The first-order valence-corrected chi connectivity index (χ1v) is 14.3. The van der Waals surface area contributed by atoms with Crippen LogP contribution in [0.2, 0.25) is 0 Å². The second-order valence-corrected chi connectivity index (χ2v) is 10.6. The average molecular weight is 609 g/mol. The predicted molar refractivity (Wildman–Crippen MR) is 171 cm³/mol. The van der Waals surface area contributed by atoms with Crippen molar-refractivity contribution >= 4 is 11.4 Å². The van der Waals surface area contributed by atoms with Gasteiger partial charge in [0.1, 0.15) is 34.5 Å². The largest absolute Gasteiger partial charge is 0.457 e. The van der Waals surface area contributed by atoms with Crippen molar-refractivity contribution < 1.29 is 24.1 Å². The number of fused-ring (bicyclic) bond motifs is 2. The molecule has 0 spiro atoms. The van der Waals surface area contributed by atoms with E-state index >= 15 is 0 Å². The highest BCUT2D eigenvalue weighted by Crippen LogP contribution is 2.55. The van der Waals surface area contributed by atoms with Gasteiger partial charge in [-0.1, -0.05) is 60.7 Å². The van der Waals surface area contributed by atoms with Gasteiger partial charge < -0.3 is 14.2 Å². The van der Waals surface area contributed by atoms with Crippen molar-refractivity contribution in [3.63, 3.8) is 0 Å². The van der Waals surface area contributed by atoms with E-state index in [9.17, 15) is 20.2 Å². The Kier molecular flexibility index (Phi) is 7.11. The van der Waals surface area contributed by atoms with E-state index in [1.54, 1.807) is 24.3 Å². The van der Waals surface area contributed by atoms with Crippen molar-refractivity contribution in [2.75, 3.05) is 0 Å². The number of nitrogens with zero attached hydrogens (tertiary/aromatic N) is 2. The van der Waals surface area contributed by atoms with Gasteiger partial charge in [0.2, 0.25) is 0 Å². The normalized spacial score (nSPS) is 12.6. The third-order valence-electron chi connectivity index (χ3n) is 7.94. The Bertz CT molecular complexity index is 1910. The molecule has 9 nitrogen and oxygen atoms in total. The molecule has 6 aromatic rings. The fourth-order valence-electron chi connectivity index (χ4n) is 5.87. The Morgan fingerprint density at radius 1 is 0.457 bits per heavy atom. The van der Waals surface area contributed by atoms with Gasteiger partial charge in [0.25, 0.3) is 11.4 Å². The van der Waals surface area contributed by atoms with Gasteiger partial charge in [-0.15, -0.1) is 0 Å². The number of ether oxygens (including phenoxy) is 3. The van der Waals surface area contributed by atoms with Crippen molar-refractivity contribution in [1.29, 1.82) is 0 Å². The maximum atomic E-state index is 11.0. The number of non-ortho nitro benzene ring substituents is 2. The molecule has 9 heteroatoms. The van der Waals surface area contributed by atoms with Crippen molar-refractivity contribution in [3.05, 3.63) is 188 Å². The van der Waals surface area contributed by atoms with Crippen LogP contribution in [0.15, 0.2) is 146 Å². The first-order chi connectivity index (χ1) is 22.4. The zero-order chi connectivity index (χ0) is 31.7. The fraction of sp³-hybridized carbons (Fsp3) is 0.0270. The average Bonchev–Trinajstić information content (AvgIpc) is 3.08. The number of rotatable bonds is 8. The molecule has 0 N–H and O–H groups in total. The Balaban J connectivity index is 1.30. The molecule has 7 rings (SSSR count). The van der Waals surface area contributed by atoms with Crippen LogP contribution in [0.1, 0.15) is 22.3 Å². The lowest BCUT2D eigenvalue weighted by Crippen LogP contribution is -2.34. The third-order valence-corrected chi connectivity index (χ3v) is 7.94. The SMILES string of the molecule is O=[N+]([O-])c1ccc(Oc2ccc(C3(c4ccc(Oc5ccc([N+](=O)[O-])cc5)cc4)c4ccccc4Oc4ccccc43)cc2)cc1. The number of hydrogen-bond donors (Lipinski definition) is 0. The second kappa shape index (κ2) is 11.5. The monoisotopic (exact) mass is 608 g/mol. The molecular weight excluding hydrogens is 584 g/mol. The van der Waals surface area contributed by atoms with Gasteiger partial charge >= 0.3 is 0 Å². The molecule has 224 valence electrons. The molecule has 0 unspecified atom stereocenters. The van der Waals surface area contributed by atoms with Crippen molar-refractivity contribution in [2.45, 2.75) is 5.41 Å². The van der Waals surface area contributed by atoms with Crippen LogP contribution in [-0.4, -0.2) is 9.85 Å². The zero-order valence-corrected chi connectivity index (χ0v) is 24.1. The summed E-state index contributed by atoms with van der Waals surface area (Å²) in [4.78, 5) is 21.2. The minimum absolute atomic E-state index is 0.00866. The minimum atomic E-state index is -0.775. The number of nitro benzene ring substituents is 2. The van der Waals surface area contributed by atoms with E-state index < -0.39 is 15.3 Å². The molecule has 0 bridgehead atoms. The van der Waals surface area contributed by atoms with Gasteiger partial charge in [-0.05, 0) is 71.8 Å². The molecule has 1 heterocycles. The second-order valence-electron chi connectivity index (χ2n) is 10.6. The van der Waals surface area contributed by atoms with Crippen LogP contribution >= 0.6 is 0 Å². The smallest absolute Gasteiger partial charge is 0.269 e. The first kappa shape index (κ1) is 28.3. The van der Waals surface area contributed by atoms with Gasteiger partial charge in [0.05, 0.1) is 15.3 Å². The number of benzene rings is 6. The van der Waals surface area contributed by atoms with Crippen molar-refractivity contribution in [3.8, 4) is 34.5 Å². The van der Waals surface area contributed by atoms with Gasteiger partial charge in [0, 0.05) is 35.4 Å². The van der Waals surface area contributed by atoms with E-state index in [0.29, 0.717) is 23.0 Å². The summed E-state index contributed by atoms with van der Waals surface area (Å²) in [5.41, 5.74) is 3.06. The van der Waals surface area contributed by atoms with Crippen LogP contribution in [0, 0.1) is 20.2 Å². The third kappa shape index (κ3) is 5.05. The van der Waals surface area contributed by atoms with Crippen molar-refractivity contribution in [2.24, 2.45) is 0 Å². The predicted octanol–water partition coefficient (Wildman–Crippen LogP) is 9.58. The van der Waals surface area contributed by atoms with Crippen LogP contribution in [-0.2, 0) is 5.41 Å². The molecule has 1 aliphatic rings. The fourth-order valence-corrected chi connectivity index (χ4v) is 5.87. The number of hydrogen-bond acceptors (Lipinski definition) is 7. The molecule has 0 fully saturated rings. The van der Waals surface area contributed by atoms with Gasteiger partial charge in [-0.25, -0.2) is 0 Å². The van der Waals surface area contributed by atoms with E-state index in [0.717, 1.165) is 33.8 Å². The minimum Gasteiger partial charge on any atom is -0.457 e. The first-order valence-electron chi connectivity index (χ1n) is 14.3. The topological polar surface area (TPSA) is 114 Å². The van der Waals surface area contributed by atoms with E-state index in [1.165, 1.54) is 24.3 Å². The zero-order valence-electron chi connectivity index (χ0n) is 24.1. The van der Waals surface area contributed by atoms with Crippen LogP contribution in [0.25, 0.3) is 0 Å². The molecule has 1 aliphatic heterocycles. The molecule has 0 aliphatic carbocycles. The molecule has 0 amide bonds. The van der Waals surface area contributed by atoms with Gasteiger partial charge in [-0.3, -0.25) is 20.2 Å². The summed E-state index contributed by atoms with van der Waals surface area (Å²) >= 11 is 0. The summed E-state index contributed by atoms with van der Waals surface area (Å²) in [7, 11) is 0. The maximum absolute atomic E-state index is 11.0. The van der Waals surface area contributed by atoms with Gasteiger partial charge in [-0.2, -0.15) is 0 Å². The van der Waals surface area contributed by atoms with Crippen LogP contribution in [0.4, 0.5) is 11.4 Å². The Labute approximate surface area is 263 Å². The van der Waals surface area contributed by atoms with Crippen molar-refractivity contribution in [1.82, 2.24) is 0 Å². The van der Waals surface area contributed by atoms with Crippen LogP contribution in [0.3, 0.4) is 0 Å². The number of nitro groups is 2. The summed E-state index contributed by atoms with van der Waals surface area (Å²) in [5, 5.41) is 22.1. The quantitative estimate of drug-likeness (QED) is 0.125. The molecular formula is C37H24N2O7. The lowest BCUT2D eigenvalue weighted by Gasteiger charge is -2.41. The highest BCUT2D eigenvalue weighted by atomic mass is 16.6. The molecule has 6 aromatic carbocycles. The summed E-state index contributed by atoms with van der Waals surface area (Å²) in [6.45, 7) is 0. The summed E-state index contributed by atoms with van der Waals surface area (Å²) < 4.78 is 18.4. The molecule has 0 saturated carbocycles. The standard InChI is InChI=1S/C37H24N2O7/c40-38(41)27-13-21-31(22-14-27)44-29-17-9-25(10-18-29)37(33-5-1-3-7-35(33)46-36-8-4-2-6-34(36)37)26-11-19-30(20-12-26)45-32-23-15-28(16-24-32)39(42)43/h1-24H. The summed E-state index contributed by atoms with van der Waals surface area (Å²) in [5.74, 6) is 3.59. The highest BCUT2D eigenvalue weighted by molar-refractivity contribution is 5.69. The Morgan fingerprint density at radius 3 is 1.13 bits per heavy atom. The van der Waals surface area contributed by atoms with Crippen LogP contribution < -0.4 is 14.2 Å². The number of para-hydroxylation sites is 2. The molecule has 0 saturated heterocycles. The molecule has 46 heavy (non-hydrogen) atoms. The van der Waals surface area contributed by atoms with E-state index in [2.05, 4.69) is 12.1 Å². The Morgan fingerprint density at radius 2 is 0.783 bits per heavy atom. The lowest BCUT2D eigenvalue weighted by molar-refractivity contribution is -0.385. The lowest BCUT2D eigenvalue weighted by atomic mass is 9.63. The van der Waals surface area contributed by atoms with E-state index in [-0.39, 0.29) is 11.4 Å². The Hall–Kier alpha value is -6.48. The maximum Gasteiger partial charge on any atom is 0.269 e. The molecule has 0 aromatic heterocycles. The molecule has 0 atom stereocenters. The molecule has 0 radical (unpaired) electrons. The summed E-state index contributed by atoms with van der Waals surface area (Å²) in [6.07, 6.45) is 0. The van der Waals surface area contributed by atoms with Crippen LogP contribution in [0.5, 0.6) is 34.5 Å². The van der Waals surface area contributed by atoms with E-state index in [1.807, 2.05) is 84.9 Å². The van der Waals surface area contributed by atoms with Gasteiger partial charge in [0.15, 0.2) is 0 Å². The van der Waals surface area contributed by atoms with E-state index in [4.69, 9.17) is 14.2 Å². The summed E-state index contributed by atoms with van der Waals surface area (Å²) in [6, 6.07) is 43.4.